The molecule has 0 unspecified atom stereocenters. The number of carbonyl (C=O) groups excluding carboxylic acids is 3. The predicted molar refractivity (Wildman–Crippen MR) is 126 cm³/mol. The fraction of sp³-hybridized carbons (Fsp3) is 0.625. The first-order valence-electron chi connectivity index (χ1n) is 11.5. The summed E-state index contributed by atoms with van der Waals surface area (Å²) in [5, 5.41) is 2.75. The summed E-state index contributed by atoms with van der Waals surface area (Å²) in [6.07, 6.45) is 1.01. The smallest absolute Gasteiger partial charge is 0.325 e. The molecule has 2 fully saturated rings. The van der Waals surface area contributed by atoms with Gasteiger partial charge < -0.3 is 10.2 Å². The first-order chi connectivity index (χ1) is 15.2. The van der Waals surface area contributed by atoms with Crippen LogP contribution in [0.3, 0.4) is 0 Å². The molecule has 3 rings (SSSR count). The highest BCUT2D eigenvalue weighted by Gasteiger charge is 2.50. The molecule has 2 aliphatic heterocycles. The van der Waals surface area contributed by atoms with Crippen LogP contribution in [0.4, 0.5) is 4.79 Å². The number of sulfone groups is 1. The van der Waals surface area contributed by atoms with Gasteiger partial charge in [-0.05, 0) is 43.2 Å². The van der Waals surface area contributed by atoms with Crippen LogP contribution in [-0.2, 0) is 30.4 Å². The number of rotatable bonds is 6. The summed E-state index contributed by atoms with van der Waals surface area (Å²) in [4.78, 5) is 41.8. The van der Waals surface area contributed by atoms with Crippen molar-refractivity contribution in [3.05, 3.63) is 35.4 Å². The van der Waals surface area contributed by atoms with Gasteiger partial charge in [-0.2, -0.15) is 0 Å². The van der Waals surface area contributed by atoms with Crippen molar-refractivity contribution in [1.29, 1.82) is 0 Å². The van der Waals surface area contributed by atoms with Crippen LogP contribution in [-0.4, -0.2) is 66.2 Å². The zero-order chi connectivity index (χ0) is 24.8. The lowest BCUT2D eigenvalue weighted by molar-refractivity contribution is -0.141. The van der Waals surface area contributed by atoms with Gasteiger partial charge in [0.2, 0.25) is 5.91 Å². The first kappa shape index (κ1) is 25.2. The van der Waals surface area contributed by atoms with Crippen LogP contribution in [0.1, 0.15) is 65.5 Å². The summed E-state index contributed by atoms with van der Waals surface area (Å²) < 4.78 is 24.0. The van der Waals surface area contributed by atoms with Crippen LogP contribution in [0.5, 0.6) is 0 Å². The lowest BCUT2D eigenvalue weighted by Crippen LogP contribution is -2.51. The second-order valence-corrected chi connectivity index (χ2v) is 12.6. The Morgan fingerprint density at radius 2 is 1.85 bits per heavy atom. The third-order valence-electron chi connectivity index (χ3n) is 6.85. The minimum Gasteiger partial charge on any atom is -0.334 e. The number of hydrogen-bond donors (Lipinski definition) is 1. The quantitative estimate of drug-likeness (QED) is 0.634. The fourth-order valence-corrected chi connectivity index (χ4v) is 6.27. The summed E-state index contributed by atoms with van der Waals surface area (Å²) >= 11 is 0. The molecule has 4 amide bonds. The van der Waals surface area contributed by atoms with E-state index in [2.05, 4.69) is 26.1 Å². The van der Waals surface area contributed by atoms with Crippen molar-refractivity contribution in [2.24, 2.45) is 0 Å². The van der Waals surface area contributed by atoms with Crippen molar-refractivity contribution in [3.63, 3.8) is 0 Å². The molecule has 0 aliphatic carbocycles. The Hall–Kier alpha value is -2.42. The molecule has 0 spiro atoms. The number of urea groups is 1. The molecule has 33 heavy (non-hydrogen) atoms. The Labute approximate surface area is 196 Å². The highest BCUT2D eigenvalue weighted by Crippen LogP contribution is 2.31. The third kappa shape index (κ3) is 4.93. The van der Waals surface area contributed by atoms with E-state index in [-0.39, 0.29) is 23.0 Å². The predicted octanol–water partition coefficient (Wildman–Crippen LogP) is 2.57. The van der Waals surface area contributed by atoms with Gasteiger partial charge in [-0.25, -0.2) is 13.2 Å². The van der Waals surface area contributed by atoms with Gasteiger partial charge in [-0.1, -0.05) is 52.0 Å². The fourth-order valence-electron chi connectivity index (χ4n) is 4.56. The molecule has 3 atom stereocenters. The molecule has 0 aromatic heterocycles. The number of hydrogen-bond acceptors (Lipinski definition) is 5. The minimum atomic E-state index is -3.19. The van der Waals surface area contributed by atoms with E-state index in [9.17, 15) is 22.8 Å². The number of nitrogens with one attached hydrogen (secondary N) is 1. The Kier molecular flexibility index (Phi) is 6.68. The van der Waals surface area contributed by atoms with Crippen LogP contribution in [0, 0.1) is 0 Å². The molecule has 0 radical (unpaired) electrons. The number of imide groups is 1. The maximum atomic E-state index is 13.3. The Balaban J connectivity index is 1.81. The molecule has 1 aromatic rings. The molecule has 2 saturated heterocycles. The van der Waals surface area contributed by atoms with Crippen molar-refractivity contribution in [2.75, 3.05) is 18.1 Å². The van der Waals surface area contributed by atoms with Crippen LogP contribution in [0.15, 0.2) is 24.3 Å². The lowest BCUT2D eigenvalue weighted by Gasteiger charge is -2.34. The highest BCUT2D eigenvalue weighted by molar-refractivity contribution is 7.91. The van der Waals surface area contributed by atoms with Crippen LogP contribution in [0.2, 0.25) is 0 Å². The summed E-state index contributed by atoms with van der Waals surface area (Å²) in [5.41, 5.74) is 0.429. The summed E-state index contributed by atoms with van der Waals surface area (Å²) in [6, 6.07) is 6.29. The van der Waals surface area contributed by atoms with Crippen LogP contribution >= 0.6 is 0 Å². The summed E-state index contributed by atoms with van der Waals surface area (Å²) in [5.74, 6) is -0.945. The van der Waals surface area contributed by atoms with Crippen molar-refractivity contribution in [3.8, 4) is 0 Å². The summed E-state index contributed by atoms with van der Waals surface area (Å²) in [6.45, 7) is 11.3. The average Bonchev–Trinajstić information content (AvgIpc) is 3.19. The van der Waals surface area contributed by atoms with Crippen molar-refractivity contribution >= 4 is 27.7 Å². The molecule has 9 heteroatoms. The van der Waals surface area contributed by atoms with E-state index >= 15 is 0 Å². The Bertz CT molecular complexity index is 1040. The number of amides is 4. The topological polar surface area (TPSA) is 104 Å². The van der Waals surface area contributed by atoms with Crippen molar-refractivity contribution in [1.82, 2.24) is 15.1 Å². The zero-order valence-electron chi connectivity index (χ0n) is 20.3. The van der Waals surface area contributed by atoms with Gasteiger partial charge in [-0.3, -0.25) is 14.5 Å². The van der Waals surface area contributed by atoms with Gasteiger partial charge in [0.05, 0.1) is 11.5 Å². The monoisotopic (exact) mass is 477 g/mol. The standard InChI is InChI=1S/C24H35N3O5S/c1-7-16(2)27(19-12-13-33(31,32)15-19)20(28)14-26-21(29)24(6,25-22(26)30)18-10-8-17(9-11-18)23(3,4)5/h8-11,16,19H,7,12-15H2,1-6H3,(H,25,30)/t16-,19+,24-/m1/s1. The molecule has 0 bridgehead atoms. The highest BCUT2D eigenvalue weighted by atomic mass is 32.2. The van der Waals surface area contributed by atoms with E-state index < -0.39 is 45.8 Å². The molecule has 2 heterocycles. The average molecular weight is 478 g/mol. The maximum absolute atomic E-state index is 13.3. The summed E-state index contributed by atoms with van der Waals surface area (Å²) in [7, 11) is -3.19. The third-order valence-corrected chi connectivity index (χ3v) is 8.60. The molecule has 1 aromatic carbocycles. The molecule has 8 nitrogen and oxygen atoms in total. The second-order valence-electron chi connectivity index (χ2n) is 10.4. The van der Waals surface area contributed by atoms with Crippen LogP contribution in [0.25, 0.3) is 0 Å². The van der Waals surface area contributed by atoms with Gasteiger partial charge >= 0.3 is 6.03 Å². The Morgan fingerprint density at radius 1 is 1.24 bits per heavy atom. The molecule has 182 valence electrons. The van der Waals surface area contributed by atoms with Gasteiger partial charge in [-0.15, -0.1) is 0 Å². The van der Waals surface area contributed by atoms with E-state index in [1.165, 1.54) is 0 Å². The molecular formula is C24H35N3O5S. The second kappa shape index (κ2) is 8.74. The number of nitrogens with zero attached hydrogens (tertiary/aromatic N) is 2. The van der Waals surface area contributed by atoms with Crippen LogP contribution < -0.4 is 5.32 Å². The maximum Gasteiger partial charge on any atom is 0.325 e. The van der Waals surface area contributed by atoms with Gasteiger partial charge in [0.1, 0.15) is 12.1 Å². The van der Waals surface area contributed by atoms with E-state index in [1.807, 2.05) is 38.1 Å². The van der Waals surface area contributed by atoms with E-state index in [0.717, 1.165) is 10.5 Å². The SMILES string of the molecule is CC[C@@H](C)N(C(=O)CN1C(=O)N[C@](C)(c2ccc(C(C)(C)C)cc2)C1=O)[C@H]1CCS(=O)(=O)C1. The molecule has 1 N–H and O–H groups in total. The lowest BCUT2D eigenvalue weighted by atomic mass is 9.84. The van der Waals surface area contributed by atoms with Crippen molar-refractivity contribution in [2.45, 2.75) is 77.4 Å². The first-order valence-corrected chi connectivity index (χ1v) is 13.3. The largest absolute Gasteiger partial charge is 0.334 e. The zero-order valence-corrected chi connectivity index (χ0v) is 21.2. The van der Waals surface area contributed by atoms with Gasteiger partial charge in [0.15, 0.2) is 9.84 Å². The van der Waals surface area contributed by atoms with Gasteiger partial charge in [0.25, 0.3) is 5.91 Å². The molecule has 2 aliphatic rings. The number of benzene rings is 1. The van der Waals surface area contributed by atoms with E-state index in [4.69, 9.17) is 0 Å². The molecule has 0 saturated carbocycles. The molecular weight excluding hydrogens is 442 g/mol. The van der Waals surface area contributed by atoms with Gasteiger partial charge in [0, 0.05) is 12.1 Å². The van der Waals surface area contributed by atoms with Crippen molar-refractivity contribution < 1.29 is 22.8 Å². The number of carbonyl (C=O) groups is 3. The normalized spacial score (nSPS) is 25.8. The van der Waals surface area contributed by atoms with E-state index in [0.29, 0.717) is 18.4 Å². The Morgan fingerprint density at radius 3 is 2.33 bits per heavy atom. The van der Waals surface area contributed by atoms with E-state index in [1.54, 1.807) is 11.8 Å². The minimum absolute atomic E-state index is 0.0453.